The fraction of sp³-hybridized carbons (Fsp3) is 0.684. The highest BCUT2D eigenvalue weighted by molar-refractivity contribution is 6.74. The van der Waals surface area contributed by atoms with Crippen molar-refractivity contribution in [1.29, 1.82) is 0 Å². The minimum absolute atomic E-state index is 0.177. The first-order valence-corrected chi connectivity index (χ1v) is 11.6. The highest BCUT2D eigenvalue weighted by atomic mass is 28.4. The lowest BCUT2D eigenvalue weighted by Gasteiger charge is -2.38. The third-order valence-electron chi connectivity index (χ3n) is 5.33. The van der Waals surface area contributed by atoms with Gasteiger partial charge in [-0.3, -0.25) is 0 Å². The van der Waals surface area contributed by atoms with Crippen molar-refractivity contribution in [2.75, 3.05) is 6.61 Å². The number of rotatable bonds is 6. The average molecular weight is 337 g/mol. The molecule has 0 spiro atoms. The van der Waals surface area contributed by atoms with Crippen LogP contribution in [0, 0.1) is 5.92 Å². The molecule has 23 heavy (non-hydrogen) atoms. The van der Waals surface area contributed by atoms with Crippen LogP contribution in [0.25, 0.3) is 0 Å². The predicted molar refractivity (Wildman–Crippen MR) is 96.9 cm³/mol. The van der Waals surface area contributed by atoms with E-state index in [1.807, 2.05) is 18.2 Å². The van der Waals surface area contributed by atoms with Crippen molar-refractivity contribution in [3.63, 3.8) is 0 Å². The summed E-state index contributed by atoms with van der Waals surface area (Å²) < 4.78 is 12.3. The first-order valence-electron chi connectivity index (χ1n) is 8.66. The minimum Gasteiger partial charge on any atom is -0.414 e. The lowest BCUT2D eigenvalue weighted by molar-refractivity contribution is 0.0367. The van der Waals surface area contributed by atoms with E-state index in [-0.39, 0.29) is 23.2 Å². The lowest BCUT2D eigenvalue weighted by Crippen LogP contribution is -2.43. The molecule has 1 aliphatic carbocycles. The number of ether oxygens (including phenoxy) is 1. The Labute approximate surface area is 142 Å². The average Bonchev–Trinajstić information content (AvgIpc) is 2.78. The van der Waals surface area contributed by atoms with Crippen LogP contribution in [0.2, 0.25) is 18.1 Å². The van der Waals surface area contributed by atoms with E-state index in [2.05, 4.69) is 46.0 Å². The van der Waals surface area contributed by atoms with Gasteiger partial charge in [0.2, 0.25) is 0 Å². The molecule has 1 fully saturated rings. The van der Waals surface area contributed by atoms with Crippen molar-refractivity contribution in [2.45, 2.75) is 70.6 Å². The Bertz CT molecular complexity index is 481. The van der Waals surface area contributed by atoms with E-state index in [0.29, 0.717) is 13.2 Å². The summed E-state index contributed by atoms with van der Waals surface area (Å²) in [6.07, 6.45) is 1.52. The highest BCUT2D eigenvalue weighted by Gasteiger charge is 2.42. The quantitative estimate of drug-likeness (QED) is 0.784. The molecule has 1 aliphatic rings. The molecule has 4 heteroatoms. The van der Waals surface area contributed by atoms with Crippen LogP contribution in [0.3, 0.4) is 0 Å². The zero-order valence-electron chi connectivity index (χ0n) is 15.2. The molecule has 0 bridgehead atoms. The summed E-state index contributed by atoms with van der Waals surface area (Å²) in [6.45, 7) is 12.5. The predicted octanol–water partition coefficient (Wildman–Crippen LogP) is 4.36. The van der Waals surface area contributed by atoms with Crippen LogP contribution in [0.15, 0.2) is 30.3 Å². The van der Waals surface area contributed by atoms with Gasteiger partial charge in [0.15, 0.2) is 8.32 Å². The van der Waals surface area contributed by atoms with Gasteiger partial charge in [-0.15, -0.1) is 0 Å². The van der Waals surface area contributed by atoms with Gasteiger partial charge in [0.05, 0.1) is 19.3 Å². The number of hydrogen-bond donors (Lipinski definition) is 1. The van der Waals surface area contributed by atoms with E-state index in [1.165, 1.54) is 5.56 Å². The second-order valence-corrected chi connectivity index (χ2v) is 13.1. The van der Waals surface area contributed by atoms with Crippen molar-refractivity contribution in [2.24, 2.45) is 5.92 Å². The molecule has 1 saturated carbocycles. The molecule has 0 saturated heterocycles. The van der Waals surface area contributed by atoms with Crippen molar-refractivity contribution in [1.82, 2.24) is 0 Å². The minimum atomic E-state index is -1.76. The van der Waals surface area contributed by atoms with Gasteiger partial charge in [-0.1, -0.05) is 51.1 Å². The topological polar surface area (TPSA) is 38.7 Å². The van der Waals surface area contributed by atoms with Crippen molar-refractivity contribution in [3.05, 3.63) is 35.9 Å². The van der Waals surface area contributed by atoms with Gasteiger partial charge < -0.3 is 14.3 Å². The molecular formula is C19H32O3Si. The molecule has 1 N–H and O–H groups in total. The normalized spacial score (nSPS) is 25.7. The fourth-order valence-electron chi connectivity index (χ4n) is 2.82. The van der Waals surface area contributed by atoms with E-state index in [0.717, 1.165) is 12.8 Å². The molecule has 2 rings (SSSR count). The standard InChI is InChI=1S/C19H32O3Si/c1-19(2,3)23(4,5)22-17-11-16(18(20)12-17)14-21-13-15-9-7-6-8-10-15/h6-10,16-18,20H,11-14H2,1-5H3/t16-,17+,18+/m0/s1. The molecule has 0 unspecified atom stereocenters. The molecule has 0 aromatic heterocycles. The number of hydrogen-bond acceptors (Lipinski definition) is 3. The Hall–Kier alpha value is -0.683. The Kier molecular flexibility index (Phi) is 6.06. The maximum Gasteiger partial charge on any atom is 0.192 e. The summed E-state index contributed by atoms with van der Waals surface area (Å²) in [5.74, 6) is 0.188. The Balaban J connectivity index is 1.80. The number of aliphatic hydroxyl groups excluding tert-OH is 1. The van der Waals surface area contributed by atoms with Crippen LogP contribution >= 0.6 is 0 Å². The molecular weight excluding hydrogens is 304 g/mol. The third kappa shape index (κ3) is 5.15. The van der Waals surface area contributed by atoms with Crippen LogP contribution in [0.1, 0.15) is 39.2 Å². The number of aliphatic hydroxyl groups is 1. The molecule has 3 nitrogen and oxygen atoms in total. The maximum absolute atomic E-state index is 10.3. The monoisotopic (exact) mass is 336 g/mol. The van der Waals surface area contributed by atoms with Crippen LogP contribution in [-0.2, 0) is 15.8 Å². The van der Waals surface area contributed by atoms with Gasteiger partial charge in [-0.25, -0.2) is 0 Å². The van der Waals surface area contributed by atoms with Gasteiger partial charge in [0, 0.05) is 12.0 Å². The van der Waals surface area contributed by atoms with Gasteiger partial charge >= 0.3 is 0 Å². The highest BCUT2D eigenvalue weighted by Crippen LogP contribution is 2.40. The smallest absolute Gasteiger partial charge is 0.192 e. The van der Waals surface area contributed by atoms with Crippen LogP contribution < -0.4 is 0 Å². The molecule has 1 aromatic rings. The molecule has 0 amide bonds. The van der Waals surface area contributed by atoms with Gasteiger partial charge in [-0.05, 0) is 36.5 Å². The van der Waals surface area contributed by atoms with Crippen molar-refractivity contribution in [3.8, 4) is 0 Å². The fourth-order valence-corrected chi connectivity index (χ4v) is 4.20. The Morgan fingerprint density at radius 3 is 2.39 bits per heavy atom. The van der Waals surface area contributed by atoms with Crippen molar-refractivity contribution < 1.29 is 14.3 Å². The Morgan fingerprint density at radius 2 is 1.78 bits per heavy atom. The molecule has 0 radical (unpaired) electrons. The summed E-state index contributed by atoms with van der Waals surface area (Å²) in [4.78, 5) is 0. The van der Waals surface area contributed by atoms with Gasteiger partial charge in [-0.2, -0.15) is 0 Å². The number of benzene rings is 1. The van der Waals surface area contributed by atoms with E-state index >= 15 is 0 Å². The van der Waals surface area contributed by atoms with Gasteiger partial charge in [0.1, 0.15) is 0 Å². The summed E-state index contributed by atoms with van der Waals surface area (Å²) in [5.41, 5.74) is 1.18. The molecule has 1 aromatic carbocycles. The lowest BCUT2D eigenvalue weighted by atomic mass is 10.1. The van der Waals surface area contributed by atoms with Crippen molar-refractivity contribution >= 4 is 8.32 Å². The SMILES string of the molecule is CC(C)(C)[Si](C)(C)O[C@@H]1C[C@@H](COCc2ccccc2)[C@H](O)C1. The third-order valence-corrected chi connectivity index (χ3v) is 9.86. The first-order chi connectivity index (χ1) is 10.7. The second-order valence-electron chi connectivity index (χ2n) is 8.30. The molecule has 0 aliphatic heterocycles. The van der Waals surface area contributed by atoms with E-state index < -0.39 is 8.32 Å². The Morgan fingerprint density at radius 1 is 1.13 bits per heavy atom. The summed E-state index contributed by atoms with van der Waals surface area (Å²) in [7, 11) is -1.76. The second kappa shape index (κ2) is 7.47. The van der Waals surface area contributed by atoms with E-state index in [9.17, 15) is 5.11 Å². The van der Waals surface area contributed by atoms with E-state index in [4.69, 9.17) is 9.16 Å². The van der Waals surface area contributed by atoms with Gasteiger partial charge in [0.25, 0.3) is 0 Å². The molecule has 130 valence electrons. The molecule has 3 atom stereocenters. The summed E-state index contributed by atoms with van der Waals surface area (Å²) in [5, 5.41) is 10.5. The molecule has 0 heterocycles. The van der Waals surface area contributed by atoms with Crippen LogP contribution in [0.4, 0.5) is 0 Å². The maximum atomic E-state index is 10.3. The summed E-state index contributed by atoms with van der Waals surface area (Å²) in [6, 6.07) is 10.2. The largest absolute Gasteiger partial charge is 0.414 e. The summed E-state index contributed by atoms with van der Waals surface area (Å²) >= 11 is 0. The zero-order chi connectivity index (χ0) is 17.1. The zero-order valence-corrected chi connectivity index (χ0v) is 16.2. The van der Waals surface area contributed by atoms with Crippen LogP contribution in [-0.4, -0.2) is 32.2 Å². The first kappa shape index (κ1) is 18.7. The van der Waals surface area contributed by atoms with E-state index in [1.54, 1.807) is 0 Å². The van der Waals surface area contributed by atoms with Crippen LogP contribution in [0.5, 0.6) is 0 Å².